The largest absolute Gasteiger partial charge is 0.481 e. The fourth-order valence-electron chi connectivity index (χ4n) is 5.34. The highest BCUT2D eigenvalue weighted by molar-refractivity contribution is 5.98. The number of carboxylic acid groups (broad SMARTS) is 3. The van der Waals surface area contributed by atoms with Gasteiger partial charge in [0.25, 0.3) is 0 Å². The molecule has 0 aromatic heterocycles. The lowest BCUT2D eigenvalue weighted by atomic mass is 9.86. The molecule has 0 rings (SSSR count). The van der Waals surface area contributed by atoms with E-state index in [0.29, 0.717) is 33.0 Å². The summed E-state index contributed by atoms with van der Waals surface area (Å²) in [5.41, 5.74) is 0. The summed E-state index contributed by atoms with van der Waals surface area (Å²) < 4.78 is 33.2. The van der Waals surface area contributed by atoms with E-state index in [-0.39, 0.29) is 26.3 Å². The fraction of sp³-hybridized carbons (Fsp3) is 0.737. The molecule has 0 saturated carbocycles. The Bertz CT molecular complexity index is 1450. The molecule has 1 unspecified atom stereocenters. The van der Waals surface area contributed by atoms with Gasteiger partial charge < -0.3 is 60.9 Å². The normalized spacial score (nSPS) is 13.5. The van der Waals surface area contributed by atoms with Crippen LogP contribution in [0.25, 0.3) is 0 Å². The molecule has 0 aromatic carbocycles. The van der Waals surface area contributed by atoms with Crippen molar-refractivity contribution in [2.45, 2.75) is 90.3 Å². The quantitative estimate of drug-likeness (QED) is 0.0338. The molecular formula is C38H62FN5O17. The van der Waals surface area contributed by atoms with E-state index in [1.807, 2.05) is 0 Å². The zero-order valence-electron chi connectivity index (χ0n) is 35.1. The Morgan fingerprint density at radius 2 is 1.05 bits per heavy atom. The highest BCUT2D eigenvalue weighted by Crippen LogP contribution is 2.20. The van der Waals surface area contributed by atoms with Crippen LogP contribution in [0.1, 0.15) is 72.1 Å². The van der Waals surface area contributed by atoms with Crippen LogP contribution in [0, 0.1) is 17.8 Å². The number of Topliss-reactive ketones (excluding diaryl/α,β-unsaturated/α-hetero) is 2. The van der Waals surface area contributed by atoms with E-state index in [1.54, 1.807) is 7.11 Å². The molecule has 348 valence electrons. The average Bonchev–Trinajstić information content (AvgIpc) is 3.18. The zero-order valence-corrected chi connectivity index (χ0v) is 35.1. The number of nitrogens with one attached hydrogen (secondary N) is 5. The van der Waals surface area contributed by atoms with Crippen LogP contribution >= 0.6 is 0 Å². The molecule has 0 spiro atoms. The first-order valence-electron chi connectivity index (χ1n) is 19.8. The minimum Gasteiger partial charge on any atom is -0.481 e. The van der Waals surface area contributed by atoms with Crippen LogP contribution in [0.5, 0.6) is 0 Å². The SMILES string of the molecule is COCCOCCOCCOCCNC(=O)[C@H](C)CC(=O)[C@H](CC(=O)O)NC(=O)C(CC(=O)[C@H](CCC(=O)O)NC(=O)[C@H](CC(=O)O)NC(=O)CCC(=O)NCCF)C(C)C. The van der Waals surface area contributed by atoms with Crippen LogP contribution in [0.3, 0.4) is 0 Å². The van der Waals surface area contributed by atoms with Crippen LogP contribution in [0.15, 0.2) is 0 Å². The smallest absolute Gasteiger partial charge is 0.305 e. The molecule has 5 atom stereocenters. The maximum absolute atomic E-state index is 13.6. The minimum atomic E-state index is -1.78. The van der Waals surface area contributed by atoms with Gasteiger partial charge in [-0.05, 0) is 12.3 Å². The maximum atomic E-state index is 13.6. The van der Waals surface area contributed by atoms with E-state index in [4.69, 9.17) is 18.9 Å². The van der Waals surface area contributed by atoms with E-state index in [0.717, 1.165) is 0 Å². The first-order chi connectivity index (χ1) is 28.8. The van der Waals surface area contributed by atoms with Crippen molar-refractivity contribution in [3.63, 3.8) is 0 Å². The Morgan fingerprint density at radius 3 is 1.59 bits per heavy atom. The van der Waals surface area contributed by atoms with Gasteiger partial charge in [-0.3, -0.25) is 47.9 Å². The monoisotopic (exact) mass is 879 g/mol. The van der Waals surface area contributed by atoms with Gasteiger partial charge in [-0.2, -0.15) is 0 Å². The zero-order chi connectivity index (χ0) is 46.3. The van der Waals surface area contributed by atoms with E-state index in [1.165, 1.54) is 20.8 Å². The molecule has 0 heterocycles. The Labute approximate surface area is 353 Å². The van der Waals surface area contributed by atoms with Crippen LogP contribution < -0.4 is 26.6 Å². The van der Waals surface area contributed by atoms with Gasteiger partial charge in [0.2, 0.25) is 29.5 Å². The molecule has 0 saturated heterocycles. The number of amides is 5. The van der Waals surface area contributed by atoms with Crippen LogP contribution in [0.2, 0.25) is 0 Å². The number of carbonyl (C=O) groups excluding carboxylic acids is 7. The van der Waals surface area contributed by atoms with Gasteiger partial charge >= 0.3 is 17.9 Å². The van der Waals surface area contributed by atoms with Crippen molar-refractivity contribution >= 4 is 59.0 Å². The van der Waals surface area contributed by atoms with Crippen molar-refractivity contribution in [1.82, 2.24) is 26.6 Å². The second kappa shape index (κ2) is 32.6. The summed E-state index contributed by atoms with van der Waals surface area (Å²) in [6.45, 7) is 5.83. The summed E-state index contributed by atoms with van der Waals surface area (Å²) >= 11 is 0. The lowest BCUT2D eigenvalue weighted by Crippen LogP contribution is -2.53. The topological polar surface area (TPSA) is 328 Å². The summed E-state index contributed by atoms with van der Waals surface area (Å²) in [7, 11) is 1.56. The number of hydrogen-bond donors (Lipinski definition) is 8. The van der Waals surface area contributed by atoms with Crippen molar-refractivity contribution in [2.75, 3.05) is 73.1 Å². The third-order valence-corrected chi connectivity index (χ3v) is 8.70. The van der Waals surface area contributed by atoms with Crippen molar-refractivity contribution in [1.29, 1.82) is 0 Å². The molecule has 0 fully saturated rings. The summed E-state index contributed by atoms with van der Waals surface area (Å²) in [6.07, 6.45) is -5.03. The summed E-state index contributed by atoms with van der Waals surface area (Å²) in [4.78, 5) is 125. The van der Waals surface area contributed by atoms with E-state index < -0.39 is 153 Å². The third-order valence-electron chi connectivity index (χ3n) is 8.70. The van der Waals surface area contributed by atoms with Gasteiger partial charge in [0.1, 0.15) is 12.7 Å². The molecule has 23 heteroatoms. The van der Waals surface area contributed by atoms with E-state index >= 15 is 0 Å². The van der Waals surface area contributed by atoms with E-state index in [9.17, 15) is 67.7 Å². The number of rotatable bonds is 37. The van der Waals surface area contributed by atoms with Gasteiger partial charge in [-0.25, -0.2) is 4.39 Å². The molecule has 22 nitrogen and oxygen atoms in total. The van der Waals surface area contributed by atoms with Crippen LogP contribution in [-0.4, -0.2) is 166 Å². The number of aliphatic carboxylic acids is 3. The molecule has 0 aliphatic carbocycles. The molecule has 0 aliphatic heterocycles. The molecule has 61 heavy (non-hydrogen) atoms. The fourth-order valence-corrected chi connectivity index (χ4v) is 5.34. The summed E-state index contributed by atoms with van der Waals surface area (Å²) in [6, 6.07) is -5.00. The molecule has 0 bridgehead atoms. The maximum Gasteiger partial charge on any atom is 0.305 e. The summed E-state index contributed by atoms with van der Waals surface area (Å²) in [5, 5.41) is 39.7. The Hall–Kier alpha value is -5.13. The Balaban J connectivity index is 5.57. The molecule has 8 N–H and O–H groups in total. The highest BCUT2D eigenvalue weighted by Gasteiger charge is 2.35. The Morgan fingerprint density at radius 1 is 0.525 bits per heavy atom. The van der Waals surface area contributed by atoms with Gasteiger partial charge in [0.15, 0.2) is 11.6 Å². The number of ketones is 2. The van der Waals surface area contributed by atoms with E-state index in [2.05, 4.69) is 26.6 Å². The molecule has 0 aromatic rings. The number of carboxylic acids is 3. The molecule has 0 radical (unpaired) electrons. The van der Waals surface area contributed by atoms with Crippen molar-refractivity contribution in [3.05, 3.63) is 0 Å². The number of carbonyl (C=O) groups is 10. The second-order valence-electron chi connectivity index (χ2n) is 14.1. The van der Waals surface area contributed by atoms with Crippen molar-refractivity contribution in [3.8, 4) is 0 Å². The standard InChI is InChI=1S/C38H62FN5O17/c1-23(2)25(20-30(46)26(5-8-33(49)50)43-38(57)28(22-35(53)54)42-32(48)7-6-31(47)40-10-9-39)37(56)44-27(21-34(51)52)29(45)19-24(3)36(55)41-11-12-59-15-16-61-18-17-60-14-13-58-4/h23-28H,5-22H2,1-4H3,(H,40,47)(H,41,55)(H,42,48)(H,43,57)(H,44,56)(H,49,50)(H,51,52)(H,53,54)/t24-,25?,26+,27+,28+/m1/s1. The second-order valence-corrected chi connectivity index (χ2v) is 14.1. The third kappa shape index (κ3) is 27.4. The van der Waals surface area contributed by atoms with Gasteiger partial charge in [0, 0.05) is 64.1 Å². The molecule has 5 amide bonds. The first-order valence-corrected chi connectivity index (χ1v) is 19.8. The lowest BCUT2D eigenvalue weighted by Gasteiger charge is -2.26. The van der Waals surface area contributed by atoms with Crippen LogP contribution in [-0.2, 0) is 66.9 Å². The van der Waals surface area contributed by atoms with Gasteiger partial charge in [-0.1, -0.05) is 20.8 Å². The minimum absolute atomic E-state index is 0.100. The van der Waals surface area contributed by atoms with Gasteiger partial charge in [-0.15, -0.1) is 0 Å². The highest BCUT2D eigenvalue weighted by atomic mass is 19.1. The average molecular weight is 880 g/mol. The molecule has 0 aliphatic rings. The van der Waals surface area contributed by atoms with Crippen molar-refractivity contribution < 1.29 is 86.6 Å². The van der Waals surface area contributed by atoms with Crippen LogP contribution in [0.4, 0.5) is 4.39 Å². The molecular weight excluding hydrogens is 817 g/mol. The number of alkyl halides is 1. The van der Waals surface area contributed by atoms with Gasteiger partial charge in [0.05, 0.1) is 71.2 Å². The number of hydrogen-bond acceptors (Lipinski definition) is 14. The lowest BCUT2D eigenvalue weighted by molar-refractivity contribution is -0.142. The first kappa shape index (κ1) is 55.9. The summed E-state index contributed by atoms with van der Waals surface area (Å²) in [5.74, 6) is -13.1. The van der Waals surface area contributed by atoms with Crippen molar-refractivity contribution in [2.24, 2.45) is 17.8 Å². The number of halogens is 1. The number of methoxy groups -OCH3 is 1. The Kier molecular flexibility index (Phi) is 29.9. The predicted octanol–water partition coefficient (Wildman–Crippen LogP) is -1.24. The predicted molar refractivity (Wildman–Crippen MR) is 209 cm³/mol. The number of ether oxygens (including phenoxy) is 4.